The van der Waals surface area contributed by atoms with E-state index in [1.165, 1.54) is 0 Å². The zero-order chi connectivity index (χ0) is 18.8. The van der Waals surface area contributed by atoms with Crippen molar-refractivity contribution in [2.75, 3.05) is 32.7 Å². The second-order valence-electron chi connectivity index (χ2n) is 7.34. The fraction of sp³-hybridized carbons (Fsp3) is 0.579. The van der Waals surface area contributed by atoms with E-state index in [0.29, 0.717) is 31.1 Å². The third-order valence-corrected chi connectivity index (χ3v) is 5.41. The standard InChI is InChI=1S/C19H25N5O3/c1-14-12-17(21-27-14)19(26)23-9-6-22(7-10-23)8-11-24-18(25)13-15-4-2-3-5-16(15)20-24/h12-13H,2-11H2,1H3. The molecule has 2 aromatic rings. The Balaban J connectivity index is 1.31. The maximum Gasteiger partial charge on any atom is 0.276 e. The molecule has 1 amide bonds. The molecule has 0 N–H and O–H groups in total. The van der Waals surface area contributed by atoms with Gasteiger partial charge in [0.15, 0.2) is 5.69 Å². The van der Waals surface area contributed by atoms with Crippen LogP contribution in [-0.4, -0.2) is 63.4 Å². The van der Waals surface area contributed by atoms with E-state index in [2.05, 4.69) is 15.2 Å². The lowest BCUT2D eigenvalue weighted by Gasteiger charge is -2.34. The highest BCUT2D eigenvalue weighted by Gasteiger charge is 2.24. The van der Waals surface area contributed by atoms with Gasteiger partial charge in [0.25, 0.3) is 11.5 Å². The second kappa shape index (κ2) is 7.64. The minimum absolute atomic E-state index is 0.00846. The Morgan fingerprint density at radius 1 is 1.11 bits per heavy atom. The van der Waals surface area contributed by atoms with Crippen LogP contribution < -0.4 is 5.56 Å². The molecule has 1 fully saturated rings. The van der Waals surface area contributed by atoms with Crippen molar-refractivity contribution in [2.24, 2.45) is 0 Å². The van der Waals surface area contributed by atoms with Crippen LogP contribution in [0.3, 0.4) is 0 Å². The summed E-state index contributed by atoms with van der Waals surface area (Å²) in [5.41, 5.74) is 2.56. The van der Waals surface area contributed by atoms with E-state index in [1.54, 1.807) is 28.6 Å². The number of hydrogen-bond acceptors (Lipinski definition) is 6. The van der Waals surface area contributed by atoms with Crippen LogP contribution in [0.15, 0.2) is 21.5 Å². The molecule has 1 aliphatic heterocycles. The van der Waals surface area contributed by atoms with Gasteiger partial charge in [-0.2, -0.15) is 5.10 Å². The van der Waals surface area contributed by atoms with Crippen LogP contribution >= 0.6 is 0 Å². The van der Waals surface area contributed by atoms with Gasteiger partial charge in [0.05, 0.1) is 12.2 Å². The minimum atomic E-state index is -0.0842. The molecule has 2 aliphatic rings. The van der Waals surface area contributed by atoms with Crippen LogP contribution in [0.4, 0.5) is 0 Å². The van der Waals surface area contributed by atoms with Crippen molar-refractivity contribution >= 4 is 5.91 Å². The summed E-state index contributed by atoms with van der Waals surface area (Å²) in [6.45, 7) is 5.98. The van der Waals surface area contributed by atoms with Crippen molar-refractivity contribution in [3.8, 4) is 0 Å². The maximum atomic E-state index is 12.4. The number of piperazine rings is 1. The summed E-state index contributed by atoms with van der Waals surface area (Å²) in [7, 11) is 0. The molecule has 4 rings (SSSR count). The van der Waals surface area contributed by atoms with E-state index in [9.17, 15) is 9.59 Å². The number of carbonyl (C=O) groups excluding carboxylic acids is 1. The van der Waals surface area contributed by atoms with Gasteiger partial charge in [0.1, 0.15) is 5.76 Å². The first-order chi connectivity index (χ1) is 13.1. The molecular weight excluding hydrogens is 346 g/mol. The van der Waals surface area contributed by atoms with Crippen molar-refractivity contribution in [1.82, 2.24) is 24.7 Å². The second-order valence-corrected chi connectivity index (χ2v) is 7.34. The zero-order valence-corrected chi connectivity index (χ0v) is 15.7. The molecule has 0 radical (unpaired) electrons. The Bertz CT molecular complexity index is 880. The molecule has 0 aromatic carbocycles. The molecule has 3 heterocycles. The maximum absolute atomic E-state index is 12.4. The number of amides is 1. The molecule has 0 saturated carbocycles. The van der Waals surface area contributed by atoms with Gasteiger partial charge < -0.3 is 9.42 Å². The zero-order valence-electron chi connectivity index (χ0n) is 15.7. The van der Waals surface area contributed by atoms with Gasteiger partial charge in [-0.15, -0.1) is 0 Å². The summed E-state index contributed by atoms with van der Waals surface area (Å²) in [6, 6.07) is 3.43. The number of rotatable bonds is 4. The molecule has 0 atom stereocenters. The molecular formula is C19H25N5O3. The normalized spacial score (nSPS) is 17.7. The third-order valence-electron chi connectivity index (χ3n) is 5.41. The van der Waals surface area contributed by atoms with Crippen LogP contribution in [0.25, 0.3) is 0 Å². The Hall–Kier alpha value is -2.48. The summed E-state index contributed by atoms with van der Waals surface area (Å²) in [5, 5.41) is 8.38. The first-order valence-corrected chi connectivity index (χ1v) is 9.65. The predicted molar refractivity (Wildman–Crippen MR) is 98.7 cm³/mol. The fourth-order valence-electron chi connectivity index (χ4n) is 3.80. The lowest BCUT2D eigenvalue weighted by atomic mass is 9.97. The fourth-order valence-corrected chi connectivity index (χ4v) is 3.80. The molecule has 144 valence electrons. The lowest BCUT2D eigenvalue weighted by Crippen LogP contribution is -2.49. The Kier molecular flexibility index (Phi) is 5.07. The van der Waals surface area contributed by atoms with Crippen molar-refractivity contribution in [3.05, 3.63) is 45.2 Å². The summed E-state index contributed by atoms with van der Waals surface area (Å²) >= 11 is 0. The number of hydrogen-bond donors (Lipinski definition) is 0. The van der Waals surface area contributed by atoms with Gasteiger partial charge in [-0.25, -0.2) is 4.68 Å². The number of aryl methyl sites for hydroxylation is 3. The highest BCUT2D eigenvalue weighted by Crippen LogP contribution is 2.17. The van der Waals surface area contributed by atoms with Gasteiger partial charge >= 0.3 is 0 Å². The minimum Gasteiger partial charge on any atom is -0.361 e. The predicted octanol–water partition coefficient (Wildman–Crippen LogP) is 0.877. The SMILES string of the molecule is Cc1cc(C(=O)N2CCN(CCn3nc4c(cc3=O)CCCC4)CC2)no1. The van der Waals surface area contributed by atoms with E-state index >= 15 is 0 Å². The largest absolute Gasteiger partial charge is 0.361 e. The number of carbonyl (C=O) groups is 1. The van der Waals surface area contributed by atoms with Crippen LogP contribution in [0.1, 0.15) is 40.3 Å². The molecule has 0 unspecified atom stereocenters. The lowest BCUT2D eigenvalue weighted by molar-refractivity contribution is 0.0621. The summed E-state index contributed by atoms with van der Waals surface area (Å²) in [4.78, 5) is 28.8. The van der Waals surface area contributed by atoms with Gasteiger partial charge in [0.2, 0.25) is 0 Å². The van der Waals surface area contributed by atoms with E-state index in [0.717, 1.165) is 56.6 Å². The number of fused-ring (bicyclic) bond motifs is 1. The third kappa shape index (κ3) is 3.95. The average Bonchev–Trinajstić information content (AvgIpc) is 3.12. The molecule has 1 aliphatic carbocycles. The monoisotopic (exact) mass is 371 g/mol. The summed E-state index contributed by atoms with van der Waals surface area (Å²) < 4.78 is 6.59. The number of aromatic nitrogens is 3. The van der Waals surface area contributed by atoms with Gasteiger partial charge in [-0.3, -0.25) is 14.5 Å². The van der Waals surface area contributed by atoms with Crippen molar-refractivity contribution < 1.29 is 9.32 Å². The molecule has 27 heavy (non-hydrogen) atoms. The van der Waals surface area contributed by atoms with E-state index < -0.39 is 0 Å². The first kappa shape index (κ1) is 17.9. The molecule has 0 bridgehead atoms. The van der Waals surface area contributed by atoms with Gasteiger partial charge in [-0.1, -0.05) is 5.16 Å². The topological polar surface area (TPSA) is 84.5 Å². The molecule has 8 heteroatoms. The number of nitrogens with zero attached hydrogens (tertiary/aromatic N) is 5. The van der Waals surface area contributed by atoms with Crippen LogP contribution in [0.5, 0.6) is 0 Å². The van der Waals surface area contributed by atoms with Crippen LogP contribution in [-0.2, 0) is 19.4 Å². The smallest absolute Gasteiger partial charge is 0.276 e. The molecule has 2 aromatic heterocycles. The molecule has 0 spiro atoms. The molecule has 1 saturated heterocycles. The van der Waals surface area contributed by atoms with Crippen molar-refractivity contribution in [1.29, 1.82) is 0 Å². The van der Waals surface area contributed by atoms with Crippen molar-refractivity contribution in [3.63, 3.8) is 0 Å². The van der Waals surface area contributed by atoms with Crippen molar-refractivity contribution in [2.45, 2.75) is 39.2 Å². The van der Waals surface area contributed by atoms with Gasteiger partial charge in [-0.05, 0) is 38.2 Å². The first-order valence-electron chi connectivity index (χ1n) is 9.65. The van der Waals surface area contributed by atoms with Gasteiger partial charge in [0, 0.05) is 44.9 Å². The van der Waals surface area contributed by atoms with E-state index in [-0.39, 0.29) is 11.5 Å². The Morgan fingerprint density at radius 3 is 2.63 bits per heavy atom. The summed E-state index contributed by atoms with van der Waals surface area (Å²) in [5.74, 6) is 0.555. The quantitative estimate of drug-likeness (QED) is 0.793. The Morgan fingerprint density at radius 2 is 1.89 bits per heavy atom. The molecule has 8 nitrogen and oxygen atoms in total. The summed E-state index contributed by atoms with van der Waals surface area (Å²) in [6.07, 6.45) is 4.24. The van der Waals surface area contributed by atoms with Crippen LogP contribution in [0, 0.1) is 6.92 Å². The highest BCUT2D eigenvalue weighted by atomic mass is 16.5. The Labute approximate surface area is 157 Å². The van der Waals surface area contributed by atoms with Crippen LogP contribution in [0.2, 0.25) is 0 Å². The highest BCUT2D eigenvalue weighted by molar-refractivity contribution is 5.92. The van der Waals surface area contributed by atoms with E-state index in [4.69, 9.17) is 4.52 Å². The average molecular weight is 371 g/mol. The van der Waals surface area contributed by atoms with E-state index in [1.807, 2.05) is 0 Å².